The molecule has 1 aromatic heterocycles. The second kappa shape index (κ2) is 4.45. The summed E-state index contributed by atoms with van der Waals surface area (Å²) < 4.78 is 0. The van der Waals surface area contributed by atoms with Crippen LogP contribution in [0.15, 0.2) is 66.7 Å². The van der Waals surface area contributed by atoms with Crippen molar-refractivity contribution in [1.29, 1.82) is 0 Å². The van der Waals surface area contributed by atoms with E-state index in [1.54, 1.807) is 0 Å². The molecular formula is C19H16N2. The van der Waals surface area contributed by atoms with Crippen LogP contribution in [0.1, 0.15) is 18.2 Å². The van der Waals surface area contributed by atoms with Crippen LogP contribution in [0.2, 0.25) is 0 Å². The molecule has 4 rings (SSSR count). The smallest absolute Gasteiger partial charge is 0.0956 e. The zero-order chi connectivity index (χ0) is 14.3. The maximum atomic E-state index is 4.83. The number of para-hydroxylation sites is 2. The molecule has 1 unspecified atom stereocenters. The van der Waals surface area contributed by atoms with E-state index < -0.39 is 0 Å². The van der Waals surface area contributed by atoms with E-state index in [9.17, 15) is 0 Å². The van der Waals surface area contributed by atoms with Crippen molar-refractivity contribution < 1.29 is 0 Å². The van der Waals surface area contributed by atoms with Crippen molar-refractivity contribution in [1.82, 2.24) is 4.98 Å². The van der Waals surface area contributed by atoms with Crippen molar-refractivity contribution in [3.05, 3.63) is 78.0 Å². The van der Waals surface area contributed by atoms with E-state index in [-0.39, 0.29) is 5.54 Å². The zero-order valence-corrected chi connectivity index (χ0v) is 11.9. The van der Waals surface area contributed by atoms with Gasteiger partial charge in [0.15, 0.2) is 0 Å². The Morgan fingerprint density at radius 3 is 2.67 bits per heavy atom. The SMILES string of the molecule is CC1(c2ccc3ccccc3n2)C=Cc2ccccc2N1. The van der Waals surface area contributed by atoms with E-state index in [2.05, 4.69) is 72.9 Å². The van der Waals surface area contributed by atoms with Crippen LogP contribution in [-0.2, 0) is 5.54 Å². The normalized spacial score (nSPS) is 20.0. The number of hydrogen-bond donors (Lipinski definition) is 1. The van der Waals surface area contributed by atoms with Gasteiger partial charge >= 0.3 is 0 Å². The predicted octanol–water partition coefficient (Wildman–Crippen LogP) is 4.59. The van der Waals surface area contributed by atoms with Gasteiger partial charge in [-0.15, -0.1) is 0 Å². The molecule has 1 N–H and O–H groups in total. The molecule has 0 radical (unpaired) electrons. The highest BCUT2D eigenvalue weighted by molar-refractivity contribution is 5.79. The van der Waals surface area contributed by atoms with Crippen LogP contribution >= 0.6 is 0 Å². The molecule has 2 heterocycles. The molecule has 3 aromatic rings. The minimum Gasteiger partial charge on any atom is -0.371 e. The van der Waals surface area contributed by atoms with Gasteiger partial charge in [0.1, 0.15) is 0 Å². The maximum absolute atomic E-state index is 4.83. The van der Waals surface area contributed by atoms with Gasteiger partial charge in [-0.05, 0) is 30.7 Å². The molecule has 2 aromatic carbocycles. The average molecular weight is 272 g/mol. The number of benzene rings is 2. The molecule has 1 atom stereocenters. The van der Waals surface area contributed by atoms with E-state index in [1.165, 1.54) is 10.9 Å². The molecule has 0 fully saturated rings. The van der Waals surface area contributed by atoms with Gasteiger partial charge < -0.3 is 5.32 Å². The lowest BCUT2D eigenvalue weighted by atomic mass is 9.90. The van der Waals surface area contributed by atoms with Crippen LogP contribution in [0.5, 0.6) is 0 Å². The Morgan fingerprint density at radius 1 is 0.905 bits per heavy atom. The van der Waals surface area contributed by atoms with Gasteiger partial charge in [0.2, 0.25) is 0 Å². The highest BCUT2D eigenvalue weighted by atomic mass is 15.0. The average Bonchev–Trinajstić information content (AvgIpc) is 2.54. The molecular weight excluding hydrogens is 256 g/mol. The minimum atomic E-state index is -0.279. The largest absolute Gasteiger partial charge is 0.371 e. The third kappa shape index (κ3) is 2.00. The first-order valence-corrected chi connectivity index (χ1v) is 7.17. The number of hydrogen-bond acceptors (Lipinski definition) is 2. The van der Waals surface area contributed by atoms with E-state index in [1.807, 2.05) is 12.1 Å². The molecule has 0 amide bonds. The van der Waals surface area contributed by atoms with E-state index in [0.29, 0.717) is 0 Å². The minimum absolute atomic E-state index is 0.279. The van der Waals surface area contributed by atoms with E-state index in [4.69, 9.17) is 4.98 Å². The number of pyridine rings is 1. The molecule has 102 valence electrons. The molecule has 1 aliphatic heterocycles. The molecule has 0 bridgehead atoms. The van der Waals surface area contributed by atoms with Crippen molar-refractivity contribution in [3.8, 4) is 0 Å². The second-order valence-electron chi connectivity index (χ2n) is 5.64. The summed E-state index contributed by atoms with van der Waals surface area (Å²) in [5.74, 6) is 0. The summed E-state index contributed by atoms with van der Waals surface area (Å²) in [7, 11) is 0. The molecule has 0 saturated carbocycles. The maximum Gasteiger partial charge on any atom is 0.0956 e. The van der Waals surface area contributed by atoms with Gasteiger partial charge in [0.25, 0.3) is 0 Å². The van der Waals surface area contributed by atoms with Crippen molar-refractivity contribution in [2.45, 2.75) is 12.5 Å². The second-order valence-corrected chi connectivity index (χ2v) is 5.64. The predicted molar refractivity (Wildman–Crippen MR) is 88.2 cm³/mol. The van der Waals surface area contributed by atoms with Crippen LogP contribution in [0.25, 0.3) is 17.0 Å². The molecule has 2 heteroatoms. The summed E-state index contributed by atoms with van der Waals surface area (Å²) in [4.78, 5) is 4.83. The van der Waals surface area contributed by atoms with Crippen LogP contribution < -0.4 is 5.32 Å². The number of rotatable bonds is 1. The molecule has 0 saturated heterocycles. The summed E-state index contributed by atoms with van der Waals surface area (Å²) in [6.07, 6.45) is 4.36. The summed E-state index contributed by atoms with van der Waals surface area (Å²) >= 11 is 0. The fraction of sp³-hybridized carbons (Fsp3) is 0.105. The number of nitrogens with zero attached hydrogens (tertiary/aromatic N) is 1. The van der Waals surface area contributed by atoms with Crippen molar-refractivity contribution >= 4 is 22.7 Å². The molecule has 1 aliphatic rings. The quantitative estimate of drug-likeness (QED) is 0.701. The fourth-order valence-corrected chi connectivity index (χ4v) is 2.84. The Labute approximate surface area is 124 Å². The van der Waals surface area contributed by atoms with Crippen LogP contribution in [-0.4, -0.2) is 4.98 Å². The summed E-state index contributed by atoms with van der Waals surface area (Å²) in [5.41, 5.74) is 4.16. The molecule has 21 heavy (non-hydrogen) atoms. The van der Waals surface area contributed by atoms with E-state index >= 15 is 0 Å². The van der Waals surface area contributed by atoms with Gasteiger partial charge in [-0.3, -0.25) is 0 Å². The van der Waals surface area contributed by atoms with Crippen LogP contribution in [0.4, 0.5) is 5.69 Å². The lowest BCUT2D eigenvalue weighted by molar-refractivity contribution is 0.664. The van der Waals surface area contributed by atoms with Crippen molar-refractivity contribution in [2.75, 3.05) is 5.32 Å². The van der Waals surface area contributed by atoms with E-state index in [0.717, 1.165) is 16.9 Å². The number of anilines is 1. The Balaban J connectivity index is 1.81. The van der Waals surface area contributed by atoms with Gasteiger partial charge in [-0.1, -0.05) is 54.6 Å². The highest BCUT2D eigenvalue weighted by Crippen LogP contribution is 2.34. The van der Waals surface area contributed by atoms with Gasteiger partial charge in [-0.25, -0.2) is 4.98 Å². The topological polar surface area (TPSA) is 24.9 Å². The summed E-state index contributed by atoms with van der Waals surface area (Å²) in [6, 6.07) is 20.8. The van der Waals surface area contributed by atoms with Crippen LogP contribution in [0, 0.1) is 0 Å². The first-order chi connectivity index (χ1) is 10.2. The monoisotopic (exact) mass is 272 g/mol. The lowest BCUT2D eigenvalue weighted by Gasteiger charge is -2.32. The van der Waals surface area contributed by atoms with Gasteiger partial charge in [-0.2, -0.15) is 0 Å². The summed E-state index contributed by atoms with van der Waals surface area (Å²) in [5, 5.41) is 4.78. The fourth-order valence-electron chi connectivity index (χ4n) is 2.84. The Kier molecular flexibility index (Phi) is 2.58. The molecule has 0 aliphatic carbocycles. The molecule has 0 spiro atoms. The molecule has 2 nitrogen and oxygen atoms in total. The Morgan fingerprint density at radius 2 is 1.71 bits per heavy atom. The van der Waals surface area contributed by atoms with Crippen LogP contribution in [0.3, 0.4) is 0 Å². The number of aromatic nitrogens is 1. The number of nitrogens with one attached hydrogen (secondary N) is 1. The van der Waals surface area contributed by atoms with Gasteiger partial charge in [0.05, 0.1) is 16.7 Å². The summed E-state index contributed by atoms with van der Waals surface area (Å²) in [6.45, 7) is 2.16. The Hall–Kier alpha value is -2.61. The highest BCUT2D eigenvalue weighted by Gasteiger charge is 2.28. The van der Waals surface area contributed by atoms with Crippen molar-refractivity contribution in [3.63, 3.8) is 0 Å². The third-order valence-corrected chi connectivity index (χ3v) is 4.08. The lowest BCUT2D eigenvalue weighted by Crippen LogP contribution is -2.32. The first-order valence-electron chi connectivity index (χ1n) is 7.17. The van der Waals surface area contributed by atoms with Gasteiger partial charge in [0, 0.05) is 11.1 Å². The standard InChI is InChI=1S/C19H16N2/c1-19(13-12-15-7-3-5-9-17(15)21-19)18-11-10-14-6-2-4-8-16(14)20-18/h2-13,21H,1H3. The first kappa shape index (κ1) is 12.2. The Bertz CT molecular complexity index is 851. The zero-order valence-electron chi connectivity index (χ0n) is 11.9. The van der Waals surface area contributed by atoms with Crippen molar-refractivity contribution in [2.24, 2.45) is 0 Å². The third-order valence-electron chi connectivity index (χ3n) is 4.08. The number of fused-ring (bicyclic) bond motifs is 2.